The molecule has 4 heteroatoms. The number of aliphatic carboxylic acids is 1. The number of rotatable bonds is 3. The van der Waals surface area contributed by atoms with Gasteiger partial charge >= 0.3 is 5.97 Å². The van der Waals surface area contributed by atoms with Gasteiger partial charge in [0.2, 0.25) is 0 Å². The minimum atomic E-state index is -1.00. The van der Waals surface area contributed by atoms with Crippen LogP contribution in [0.25, 0.3) is 0 Å². The molecule has 94 valence electrons. The smallest absolute Gasteiger partial charge is 0.329 e. The Hall–Kier alpha value is -1.84. The van der Waals surface area contributed by atoms with Gasteiger partial charge in [0.1, 0.15) is 5.54 Å². The fourth-order valence-electron chi connectivity index (χ4n) is 2.52. The fraction of sp³-hybridized carbons (Fsp3) is 0.429. The molecule has 0 unspecified atom stereocenters. The average molecular weight is 245 g/mol. The van der Waals surface area contributed by atoms with Crippen LogP contribution in [0.2, 0.25) is 0 Å². The Morgan fingerprint density at radius 1 is 1.17 bits per heavy atom. The van der Waals surface area contributed by atoms with Crippen molar-refractivity contribution in [3.05, 3.63) is 34.9 Å². The van der Waals surface area contributed by atoms with Crippen LogP contribution in [0.5, 0.6) is 0 Å². The Balaban J connectivity index is 1.79. The zero-order valence-corrected chi connectivity index (χ0v) is 10.0. The number of nitrogens with one attached hydrogen (secondary N) is 1. The van der Waals surface area contributed by atoms with Crippen molar-refractivity contribution in [1.29, 1.82) is 0 Å². The molecule has 0 aromatic heterocycles. The van der Waals surface area contributed by atoms with E-state index < -0.39 is 11.5 Å². The van der Waals surface area contributed by atoms with Crippen molar-refractivity contribution in [3.8, 4) is 0 Å². The van der Waals surface area contributed by atoms with Crippen LogP contribution in [-0.2, 0) is 17.6 Å². The summed E-state index contributed by atoms with van der Waals surface area (Å²) in [7, 11) is 0. The van der Waals surface area contributed by atoms with Crippen LogP contribution in [0.3, 0.4) is 0 Å². The molecule has 1 saturated carbocycles. The van der Waals surface area contributed by atoms with Crippen LogP contribution in [0.4, 0.5) is 0 Å². The van der Waals surface area contributed by atoms with Crippen LogP contribution in [0, 0.1) is 0 Å². The topological polar surface area (TPSA) is 66.4 Å². The van der Waals surface area contributed by atoms with E-state index in [1.165, 1.54) is 11.1 Å². The van der Waals surface area contributed by atoms with Crippen LogP contribution < -0.4 is 5.32 Å². The second-order valence-corrected chi connectivity index (χ2v) is 5.18. The molecule has 1 amide bonds. The monoisotopic (exact) mass is 245 g/mol. The van der Waals surface area contributed by atoms with Gasteiger partial charge in [0.05, 0.1) is 0 Å². The van der Waals surface area contributed by atoms with Gasteiger partial charge in [0.15, 0.2) is 0 Å². The maximum absolute atomic E-state index is 12.0. The second kappa shape index (κ2) is 3.83. The Kier molecular flexibility index (Phi) is 2.40. The molecular weight excluding hydrogens is 230 g/mol. The van der Waals surface area contributed by atoms with Gasteiger partial charge in [-0.15, -0.1) is 0 Å². The molecule has 0 radical (unpaired) electrons. The van der Waals surface area contributed by atoms with E-state index in [4.69, 9.17) is 5.11 Å². The number of fused-ring (bicyclic) bond motifs is 1. The average Bonchev–Trinajstić information content (AvgIpc) is 2.98. The molecule has 3 rings (SSSR count). The van der Waals surface area contributed by atoms with Crippen LogP contribution in [0.1, 0.15) is 40.7 Å². The third-order valence-electron chi connectivity index (χ3n) is 3.87. The van der Waals surface area contributed by atoms with Gasteiger partial charge in [-0.2, -0.15) is 0 Å². The molecule has 1 fully saturated rings. The maximum Gasteiger partial charge on any atom is 0.329 e. The van der Waals surface area contributed by atoms with Gasteiger partial charge in [0, 0.05) is 5.56 Å². The summed E-state index contributed by atoms with van der Waals surface area (Å²) in [4.78, 5) is 23.1. The molecule has 0 saturated heterocycles. The largest absolute Gasteiger partial charge is 0.480 e. The van der Waals surface area contributed by atoms with Crippen LogP contribution in [-0.4, -0.2) is 22.5 Å². The predicted molar refractivity (Wildman–Crippen MR) is 65.5 cm³/mol. The van der Waals surface area contributed by atoms with Gasteiger partial charge in [-0.3, -0.25) is 4.79 Å². The first-order chi connectivity index (χ1) is 8.61. The molecule has 0 bridgehead atoms. The summed E-state index contributed by atoms with van der Waals surface area (Å²) in [5.74, 6) is -1.21. The minimum absolute atomic E-state index is 0.274. The molecule has 0 spiro atoms. The third-order valence-corrected chi connectivity index (χ3v) is 3.87. The first-order valence-electron chi connectivity index (χ1n) is 6.28. The summed E-state index contributed by atoms with van der Waals surface area (Å²) in [6.07, 6.45) is 4.29. The molecule has 0 atom stereocenters. The van der Waals surface area contributed by atoms with Crippen molar-refractivity contribution < 1.29 is 14.7 Å². The number of aryl methyl sites for hydroxylation is 2. The molecular formula is C14H15NO3. The summed E-state index contributed by atoms with van der Waals surface area (Å²) in [5.41, 5.74) is 2.10. The molecule has 2 N–H and O–H groups in total. The zero-order valence-electron chi connectivity index (χ0n) is 10.0. The van der Waals surface area contributed by atoms with Crippen molar-refractivity contribution in [2.45, 2.75) is 37.6 Å². The number of carboxylic acid groups (broad SMARTS) is 1. The molecule has 0 heterocycles. The standard InChI is InChI=1S/C14H15NO3/c16-12(15-14(6-7-14)13(17)18)11-5-4-9-2-1-3-10(9)8-11/h4-5,8H,1-3,6-7H2,(H,15,16)(H,17,18). The van der Waals surface area contributed by atoms with Crippen molar-refractivity contribution in [3.63, 3.8) is 0 Å². The summed E-state index contributed by atoms with van der Waals surface area (Å²) >= 11 is 0. The first kappa shape index (κ1) is 11.3. The molecule has 1 aromatic rings. The minimum Gasteiger partial charge on any atom is -0.480 e. The highest BCUT2D eigenvalue weighted by molar-refractivity contribution is 5.99. The molecule has 0 aliphatic heterocycles. The highest BCUT2D eigenvalue weighted by Crippen LogP contribution is 2.36. The van der Waals surface area contributed by atoms with Crippen molar-refractivity contribution in [1.82, 2.24) is 5.32 Å². The summed E-state index contributed by atoms with van der Waals surface area (Å²) in [6, 6.07) is 5.67. The molecule has 2 aliphatic rings. The van der Waals surface area contributed by atoms with Crippen molar-refractivity contribution in [2.24, 2.45) is 0 Å². The lowest BCUT2D eigenvalue weighted by Crippen LogP contribution is -2.43. The van der Waals surface area contributed by atoms with Gasteiger partial charge in [-0.25, -0.2) is 4.79 Å². The lowest BCUT2D eigenvalue weighted by Gasteiger charge is -2.13. The third kappa shape index (κ3) is 1.78. The van der Waals surface area contributed by atoms with Crippen molar-refractivity contribution >= 4 is 11.9 Å². The van der Waals surface area contributed by atoms with Gasteiger partial charge < -0.3 is 10.4 Å². The Bertz CT molecular complexity index is 532. The van der Waals surface area contributed by atoms with E-state index in [9.17, 15) is 9.59 Å². The second-order valence-electron chi connectivity index (χ2n) is 5.18. The number of hydrogen-bond acceptors (Lipinski definition) is 2. The number of benzene rings is 1. The van der Waals surface area contributed by atoms with Crippen LogP contribution >= 0.6 is 0 Å². The molecule has 4 nitrogen and oxygen atoms in total. The lowest BCUT2D eigenvalue weighted by molar-refractivity contribution is -0.140. The van der Waals surface area contributed by atoms with E-state index in [0.717, 1.165) is 19.3 Å². The number of carboxylic acids is 1. The number of hydrogen-bond donors (Lipinski definition) is 2. The molecule has 1 aromatic carbocycles. The molecule has 18 heavy (non-hydrogen) atoms. The van der Waals surface area contributed by atoms with Gasteiger partial charge in [0.25, 0.3) is 5.91 Å². The summed E-state index contributed by atoms with van der Waals surface area (Å²) in [6.45, 7) is 0. The zero-order chi connectivity index (χ0) is 12.8. The van der Waals surface area contributed by atoms with E-state index in [1.807, 2.05) is 12.1 Å². The van der Waals surface area contributed by atoms with E-state index in [2.05, 4.69) is 5.32 Å². The normalized spacial score (nSPS) is 19.1. The van der Waals surface area contributed by atoms with Crippen LogP contribution in [0.15, 0.2) is 18.2 Å². The maximum atomic E-state index is 12.0. The highest BCUT2D eigenvalue weighted by Gasteiger charge is 2.51. The van der Waals surface area contributed by atoms with E-state index >= 15 is 0 Å². The summed E-state index contributed by atoms with van der Waals surface area (Å²) < 4.78 is 0. The SMILES string of the molecule is O=C(NC1(C(=O)O)CC1)c1ccc2c(c1)CCC2. The Labute approximate surface area is 105 Å². The lowest BCUT2D eigenvalue weighted by atomic mass is 10.1. The summed E-state index contributed by atoms with van der Waals surface area (Å²) in [5, 5.41) is 11.7. The Morgan fingerprint density at radius 2 is 1.89 bits per heavy atom. The van der Waals surface area contributed by atoms with E-state index in [-0.39, 0.29) is 5.91 Å². The van der Waals surface area contributed by atoms with E-state index in [0.29, 0.717) is 18.4 Å². The van der Waals surface area contributed by atoms with Gasteiger partial charge in [-0.1, -0.05) is 6.07 Å². The number of carbonyl (C=O) groups is 2. The number of amides is 1. The Morgan fingerprint density at radius 3 is 2.56 bits per heavy atom. The highest BCUT2D eigenvalue weighted by atomic mass is 16.4. The predicted octanol–water partition coefficient (Wildman–Crippen LogP) is 1.52. The fourth-order valence-corrected chi connectivity index (χ4v) is 2.52. The quantitative estimate of drug-likeness (QED) is 0.848. The molecule has 2 aliphatic carbocycles. The van der Waals surface area contributed by atoms with Gasteiger partial charge in [-0.05, 0) is 55.4 Å². The van der Waals surface area contributed by atoms with Crippen molar-refractivity contribution in [2.75, 3.05) is 0 Å². The number of carbonyl (C=O) groups excluding carboxylic acids is 1. The first-order valence-corrected chi connectivity index (χ1v) is 6.28. The van der Waals surface area contributed by atoms with E-state index in [1.54, 1.807) is 6.07 Å².